The van der Waals surface area contributed by atoms with E-state index in [1.54, 1.807) is 19.2 Å². The van der Waals surface area contributed by atoms with Gasteiger partial charge in [0.15, 0.2) is 0 Å². The normalized spacial score (nSPS) is 11.1. The summed E-state index contributed by atoms with van der Waals surface area (Å²) in [5.74, 6) is 0.326. The van der Waals surface area contributed by atoms with E-state index in [0.717, 1.165) is 37.5 Å². The summed E-state index contributed by atoms with van der Waals surface area (Å²) >= 11 is 11.9. The predicted octanol–water partition coefficient (Wildman–Crippen LogP) is 4.99. The fraction of sp³-hybridized carbons (Fsp3) is 0.381. The third-order valence-corrected chi connectivity index (χ3v) is 5.09. The Kier molecular flexibility index (Phi) is 9.91. The first-order chi connectivity index (χ1) is 14.0. The molecule has 6 nitrogen and oxygen atoms in total. The van der Waals surface area contributed by atoms with Crippen LogP contribution in [0.15, 0.2) is 35.1 Å². The largest absolute Gasteiger partial charge is 0.381 e. The van der Waals surface area contributed by atoms with Crippen LogP contribution in [0, 0.1) is 5.41 Å². The van der Waals surface area contributed by atoms with Gasteiger partial charge in [-0.1, -0.05) is 47.8 Å². The first-order valence-electron chi connectivity index (χ1n) is 9.50. The SMILES string of the molecule is COC/C=C/CCCCCc1c(C=N)nc(NCc2ccc(Cl)c(Cl)c2)[nH]c1=O. The first kappa shape index (κ1) is 23.1. The Morgan fingerprint density at radius 2 is 2.03 bits per heavy atom. The van der Waals surface area contributed by atoms with Crippen molar-refractivity contribution in [1.29, 1.82) is 5.41 Å². The van der Waals surface area contributed by atoms with Crippen LogP contribution in [0.25, 0.3) is 0 Å². The van der Waals surface area contributed by atoms with Gasteiger partial charge < -0.3 is 15.5 Å². The maximum atomic E-state index is 12.5. The topological polar surface area (TPSA) is 90.9 Å². The molecule has 0 atom stereocenters. The molecule has 0 radical (unpaired) electrons. The van der Waals surface area contributed by atoms with Gasteiger partial charge in [0.2, 0.25) is 5.95 Å². The molecule has 0 spiro atoms. The Morgan fingerprint density at radius 3 is 2.76 bits per heavy atom. The number of aromatic nitrogens is 2. The molecule has 0 aliphatic carbocycles. The minimum Gasteiger partial charge on any atom is -0.381 e. The Morgan fingerprint density at radius 1 is 1.21 bits per heavy atom. The zero-order valence-electron chi connectivity index (χ0n) is 16.4. The zero-order chi connectivity index (χ0) is 21.1. The van der Waals surface area contributed by atoms with Crippen LogP contribution in [-0.2, 0) is 17.7 Å². The lowest BCUT2D eigenvalue weighted by atomic mass is 10.1. The van der Waals surface area contributed by atoms with Crippen molar-refractivity contribution < 1.29 is 4.74 Å². The number of hydrogen-bond donors (Lipinski definition) is 3. The standard InChI is InChI=1S/C21H26Cl2N4O2/c1-29-11-7-5-3-2-4-6-8-16-19(13-24)26-21(27-20(16)28)25-14-15-9-10-17(22)18(23)12-15/h5,7,9-10,12-13,24H,2-4,6,8,11,14H2,1H3,(H2,25,26,27,28)/b7-5+,24-13?. The van der Waals surface area contributed by atoms with Gasteiger partial charge in [-0.15, -0.1) is 0 Å². The number of anilines is 1. The highest BCUT2D eigenvalue weighted by molar-refractivity contribution is 6.42. The number of allylic oxidation sites excluding steroid dienone is 1. The van der Waals surface area contributed by atoms with Gasteiger partial charge >= 0.3 is 0 Å². The molecule has 8 heteroatoms. The number of ether oxygens (including phenoxy) is 1. The van der Waals surface area contributed by atoms with Crippen LogP contribution in [-0.4, -0.2) is 29.9 Å². The number of H-pyrrole nitrogens is 1. The lowest BCUT2D eigenvalue weighted by molar-refractivity contribution is 0.233. The molecule has 1 heterocycles. The van der Waals surface area contributed by atoms with Gasteiger partial charge in [-0.2, -0.15) is 0 Å². The molecule has 0 bridgehead atoms. The van der Waals surface area contributed by atoms with Crippen LogP contribution >= 0.6 is 23.2 Å². The Balaban J connectivity index is 1.91. The van der Waals surface area contributed by atoms with E-state index in [1.807, 2.05) is 12.1 Å². The van der Waals surface area contributed by atoms with Crippen molar-refractivity contribution in [1.82, 2.24) is 9.97 Å². The second-order valence-electron chi connectivity index (χ2n) is 6.55. The molecule has 0 saturated heterocycles. The molecule has 0 aliphatic heterocycles. The van der Waals surface area contributed by atoms with Gasteiger partial charge in [-0.3, -0.25) is 9.78 Å². The first-order valence-corrected chi connectivity index (χ1v) is 10.3. The molecule has 0 saturated carbocycles. The smallest absolute Gasteiger partial charge is 0.256 e. The molecule has 1 aromatic heterocycles. The molecule has 0 aliphatic rings. The summed E-state index contributed by atoms with van der Waals surface area (Å²) in [5, 5.41) is 11.6. The summed E-state index contributed by atoms with van der Waals surface area (Å²) in [6.07, 6.45) is 9.76. The van der Waals surface area contributed by atoms with Crippen LogP contribution in [0.5, 0.6) is 0 Å². The summed E-state index contributed by atoms with van der Waals surface area (Å²) in [7, 11) is 1.67. The lowest BCUT2D eigenvalue weighted by Gasteiger charge is -2.10. The van der Waals surface area contributed by atoms with Crippen LogP contribution in [0.1, 0.15) is 42.5 Å². The zero-order valence-corrected chi connectivity index (χ0v) is 17.9. The predicted molar refractivity (Wildman–Crippen MR) is 120 cm³/mol. The number of rotatable bonds is 12. The quantitative estimate of drug-likeness (QED) is 0.248. The third kappa shape index (κ3) is 7.65. The number of unbranched alkanes of at least 4 members (excludes halogenated alkanes) is 3. The maximum Gasteiger partial charge on any atom is 0.256 e. The molecule has 2 aromatic rings. The Bertz CT molecular complexity index is 897. The molecule has 1 aromatic carbocycles. The molecule has 156 valence electrons. The van der Waals surface area contributed by atoms with Gasteiger partial charge in [0.1, 0.15) is 0 Å². The number of methoxy groups -OCH3 is 1. The summed E-state index contributed by atoms with van der Waals surface area (Å²) in [6.45, 7) is 1.06. The van der Waals surface area contributed by atoms with E-state index in [1.165, 1.54) is 0 Å². The second-order valence-corrected chi connectivity index (χ2v) is 7.37. The third-order valence-electron chi connectivity index (χ3n) is 4.36. The van der Waals surface area contributed by atoms with E-state index < -0.39 is 0 Å². The average Bonchev–Trinajstić information content (AvgIpc) is 2.71. The van der Waals surface area contributed by atoms with E-state index in [4.69, 9.17) is 33.3 Å². The van der Waals surface area contributed by atoms with Gasteiger partial charge in [0, 0.05) is 25.4 Å². The lowest BCUT2D eigenvalue weighted by Crippen LogP contribution is -2.20. The monoisotopic (exact) mass is 436 g/mol. The maximum absolute atomic E-state index is 12.5. The Labute approximate surface area is 180 Å². The number of hydrogen-bond acceptors (Lipinski definition) is 5. The van der Waals surface area contributed by atoms with Crippen LogP contribution in [0.2, 0.25) is 10.0 Å². The molecule has 29 heavy (non-hydrogen) atoms. The van der Waals surface area contributed by atoms with Crippen LogP contribution < -0.4 is 10.9 Å². The fourth-order valence-electron chi connectivity index (χ4n) is 2.82. The fourth-order valence-corrected chi connectivity index (χ4v) is 3.14. The minimum absolute atomic E-state index is 0.213. The molecule has 2 rings (SSSR count). The summed E-state index contributed by atoms with van der Waals surface area (Å²) in [6, 6.07) is 5.32. The van der Waals surface area contributed by atoms with Crippen molar-refractivity contribution in [3.63, 3.8) is 0 Å². The minimum atomic E-state index is -0.213. The van der Waals surface area contributed by atoms with Gasteiger partial charge in [0.25, 0.3) is 5.56 Å². The number of nitrogens with one attached hydrogen (secondary N) is 3. The van der Waals surface area contributed by atoms with Gasteiger partial charge in [-0.25, -0.2) is 4.98 Å². The summed E-state index contributed by atoms with van der Waals surface area (Å²) in [5.41, 5.74) is 1.64. The molecule has 0 unspecified atom stereocenters. The van der Waals surface area contributed by atoms with Crippen LogP contribution in [0.4, 0.5) is 5.95 Å². The van der Waals surface area contributed by atoms with E-state index in [9.17, 15) is 4.79 Å². The number of halogens is 2. The van der Waals surface area contributed by atoms with Crippen molar-refractivity contribution in [3.8, 4) is 0 Å². The van der Waals surface area contributed by atoms with Crippen molar-refractivity contribution in [3.05, 3.63) is 67.6 Å². The van der Waals surface area contributed by atoms with E-state index in [-0.39, 0.29) is 5.56 Å². The second kappa shape index (κ2) is 12.4. The molecular formula is C21H26Cl2N4O2. The van der Waals surface area contributed by atoms with Crippen molar-refractivity contribution >= 4 is 35.4 Å². The van der Waals surface area contributed by atoms with Gasteiger partial charge in [-0.05, 0) is 43.4 Å². The van der Waals surface area contributed by atoms with Crippen molar-refractivity contribution in [2.75, 3.05) is 19.0 Å². The van der Waals surface area contributed by atoms with Crippen molar-refractivity contribution in [2.45, 2.75) is 38.6 Å². The van der Waals surface area contributed by atoms with E-state index in [2.05, 4.69) is 21.4 Å². The highest BCUT2D eigenvalue weighted by Gasteiger charge is 2.10. The van der Waals surface area contributed by atoms with Crippen LogP contribution in [0.3, 0.4) is 0 Å². The molecular weight excluding hydrogens is 411 g/mol. The summed E-state index contributed by atoms with van der Waals surface area (Å²) < 4.78 is 4.96. The summed E-state index contributed by atoms with van der Waals surface area (Å²) in [4.78, 5) is 19.6. The van der Waals surface area contributed by atoms with Crippen molar-refractivity contribution in [2.24, 2.45) is 0 Å². The molecule has 0 fully saturated rings. The highest BCUT2D eigenvalue weighted by atomic mass is 35.5. The molecule has 3 N–H and O–H groups in total. The van der Waals surface area contributed by atoms with E-state index in [0.29, 0.717) is 46.8 Å². The van der Waals surface area contributed by atoms with Gasteiger partial charge in [0.05, 0.1) is 22.3 Å². The number of nitrogens with zero attached hydrogens (tertiary/aromatic N) is 1. The molecule has 0 amide bonds. The number of benzene rings is 1. The van der Waals surface area contributed by atoms with E-state index >= 15 is 0 Å². The highest BCUT2D eigenvalue weighted by Crippen LogP contribution is 2.22. The Hall–Kier alpha value is -2.15. The average molecular weight is 437 g/mol. The number of aromatic amines is 1.